The Morgan fingerprint density at radius 2 is 2.12 bits per heavy atom. The number of rotatable bonds is 6. The van der Waals surface area contributed by atoms with Crippen molar-refractivity contribution in [1.29, 1.82) is 0 Å². The number of carbonyl (C=O) groups excluding carboxylic acids is 1. The van der Waals surface area contributed by atoms with E-state index in [1.807, 2.05) is 37.3 Å². The van der Waals surface area contributed by atoms with Crippen molar-refractivity contribution < 1.29 is 9.90 Å². The summed E-state index contributed by atoms with van der Waals surface area (Å²) in [6.07, 6.45) is 1.71. The Bertz CT molecular complexity index is 362. The van der Waals surface area contributed by atoms with Crippen molar-refractivity contribution in [2.75, 3.05) is 6.54 Å². The molecule has 0 aliphatic heterocycles. The molecule has 2 atom stereocenters. The van der Waals surface area contributed by atoms with Gasteiger partial charge in [-0.15, -0.1) is 6.58 Å². The molecule has 92 valence electrons. The molecule has 0 fully saturated rings. The van der Waals surface area contributed by atoms with Gasteiger partial charge in [-0.1, -0.05) is 43.3 Å². The number of aliphatic hydroxyl groups is 1. The Labute approximate surface area is 102 Å². The largest absolute Gasteiger partial charge is 0.387 e. The van der Waals surface area contributed by atoms with Crippen LogP contribution in [0.4, 0.5) is 0 Å². The second-order valence-corrected chi connectivity index (χ2v) is 4.10. The first-order valence-electron chi connectivity index (χ1n) is 5.76. The zero-order valence-electron chi connectivity index (χ0n) is 10.1. The quantitative estimate of drug-likeness (QED) is 0.739. The minimum Gasteiger partial charge on any atom is -0.387 e. The van der Waals surface area contributed by atoms with Crippen molar-refractivity contribution in [3.8, 4) is 0 Å². The van der Waals surface area contributed by atoms with Crippen LogP contribution in [0.15, 0.2) is 43.0 Å². The van der Waals surface area contributed by atoms with Crippen LogP contribution in [0.5, 0.6) is 0 Å². The Hall–Kier alpha value is -1.61. The molecule has 0 bridgehead atoms. The van der Waals surface area contributed by atoms with Crippen molar-refractivity contribution >= 4 is 5.91 Å². The lowest BCUT2D eigenvalue weighted by Gasteiger charge is -2.14. The Morgan fingerprint density at radius 1 is 1.47 bits per heavy atom. The van der Waals surface area contributed by atoms with Crippen LogP contribution >= 0.6 is 0 Å². The fraction of sp³-hybridized carbons (Fsp3) is 0.357. The Morgan fingerprint density at radius 3 is 2.71 bits per heavy atom. The zero-order valence-corrected chi connectivity index (χ0v) is 10.1. The molecule has 0 saturated carbocycles. The molecule has 0 spiro atoms. The topological polar surface area (TPSA) is 49.3 Å². The van der Waals surface area contributed by atoms with E-state index in [2.05, 4.69) is 11.9 Å². The molecule has 0 aromatic heterocycles. The maximum Gasteiger partial charge on any atom is 0.223 e. The summed E-state index contributed by atoms with van der Waals surface area (Å²) in [6.45, 7) is 5.68. The Kier molecular flexibility index (Phi) is 5.43. The predicted molar refractivity (Wildman–Crippen MR) is 68.4 cm³/mol. The number of allylic oxidation sites excluding steroid dienone is 1. The van der Waals surface area contributed by atoms with Gasteiger partial charge in [-0.3, -0.25) is 4.79 Å². The highest BCUT2D eigenvalue weighted by Crippen LogP contribution is 2.11. The van der Waals surface area contributed by atoms with Crippen molar-refractivity contribution in [3.05, 3.63) is 48.6 Å². The molecule has 2 unspecified atom stereocenters. The van der Waals surface area contributed by atoms with E-state index in [-0.39, 0.29) is 18.4 Å². The van der Waals surface area contributed by atoms with Gasteiger partial charge in [0.15, 0.2) is 0 Å². The average molecular weight is 233 g/mol. The SMILES string of the molecule is C=CCC(C)C(=O)NCC(O)c1ccccc1. The molecule has 1 rings (SSSR count). The van der Waals surface area contributed by atoms with Crippen LogP contribution in [-0.2, 0) is 4.79 Å². The summed E-state index contributed by atoms with van der Waals surface area (Å²) in [5.41, 5.74) is 0.809. The fourth-order valence-electron chi connectivity index (χ4n) is 1.52. The number of benzene rings is 1. The summed E-state index contributed by atoms with van der Waals surface area (Å²) < 4.78 is 0. The van der Waals surface area contributed by atoms with Crippen molar-refractivity contribution in [3.63, 3.8) is 0 Å². The van der Waals surface area contributed by atoms with Gasteiger partial charge in [-0.2, -0.15) is 0 Å². The Balaban J connectivity index is 2.41. The maximum atomic E-state index is 11.6. The minimum absolute atomic E-state index is 0.0557. The van der Waals surface area contributed by atoms with Crippen LogP contribution in [0.1, 0.15) is 25.0 Å². The lowest BCUT2D eigenvalue weighted by Crippen LogP contribution is -2.32. The number of nitrogens with one attached hydrogen (secondary N) is 1. The number of amides is 1. The summed E-state index contributed by atoms with van der Waals surface area (Å²) >= 11 is 0. The van der Waals surface area contributed by atoms with Gasteiger partial charge in [0.25, 0.3) is 0 Å². The van der Waals surface area contributed by atoms with Crippen LogP contribution in [0.2, 0.25) is 0 Å². The van der Waals surface area contributed by atoms with Gasteiger partial charge < -0.3 is 10.4 Å². The molecule has 1 aromatic rings. The molecule has 17 heavy (non-hydrogen) atoms. The van der Waals surface area contributed by atoms with Gasteiger partial charge in [-0.05, 0) is 12.0 Å². The van der Waals surface area contributed by atoms with Crippen LogP contribution in [-0.4, -0.2) is 17.6 Å². The monoisotopic (exact) mass is 233 g/mol. The van der Waals surface area contributed by atoms with E-state index in [1.54, 1.807) is 6.08 Å². The van der Waals surface area contributed by atoms with E-state index >= 15 is 0 Å². The summed E-state index contributed by atoms with van der Waals surface area (Å²) in [7, 11) is 0. The molecule has 1 amide bonds. The van der Waals surface area contributed by atoms with Crippen molar-refractivity contribution in [2.45, 2.75) is 19.4 Å². The van der Waals surface area contributed by atoms with E-state index in [9.17, 15) is 9.90 Å². The van der Waals surface area contributed by atoms with Gasteiger partial charge in [0.05, 0.1) is 6.10 Å². The molecule has 0 aliphatic carbocycles. The summed E-state index contributed by atoms with van der Waals surface area (Å²) in [6, 6.07) is 9.29. The van der Waals surface area contributed by atoms with Crippen LogP contribution in [0.25, 0.3) is 0 Å². The van der Waals surface area contributed by atoms with E-state index in [0.717, 1.165) is 5.56 Å². The zero-order chi connectivity index (χ0) is 12.7. The predicted octanol–water partition coefficient (Wildman–Crippen LogP) is 2.05. The molecule has 1 aromatic carbocycles. The van der Waals surface area contributed by atoms with Gasteiger partial charge in [0.2, 0.25) is 5.91 Å². The van der Waals surface area contributed by atoms with Gasteiger partial charge in [0.1, 0.15) is 0 Å². The molecular weight excluding hydrogens is 214 g/mol. The van der Waals surface area contributed by atoms with Crippen LogP contribution < -0.4 is 5.32 Å². The van der Waals surface area contributed by atoms with Gasteiger partial charge in [0, 0.05) is 12.5 Å². The van der Waals surface area contributed by atoms with E-state index in [4.69, 9.17) is 0 Å². The summed E-state index contributed by atoms with van der Waals surface area (Å²) in [4.78, 5) is 11.6. The number of hydrogen-bond donors (Lipinski definition) is 2. The molecule has 0 radical (unpaired) electrons. The smallest absolute Gasteiger partial charge is 0.223 e. The lowest BCUT2D eigenvalue weighted by molar-refractivity contribution is -0.124. The third kappa shape index (κ3) is 4.41. The first-order chi connectivity index (χ1) is 8.15. The van der Waals surface area contributed by atoms with Crippen LogP contribution in [0, 0.1) is 5.92 Å². The highest BCUT2D eigenvalue weighted by molar-refractivity contribution is 5.78. The second-order valence-electron chi connectivity index (χ2n) is 4.10. The molecule has 3 heteroatoms. The highest BCUT2D eigenvalue weighted by Gasteiger charge is 2.13. The number of hydrogen-bond acceptors (Lipinski definition) is 2. The normalized spacial score (nSPS) is 13.8. The second kappa shape index (κ2) is 6.86. The maximum absolute atomic E-state index is 11.6. The number of aliphatic hydroxyl groups excluding tert-OH is 1. The molecule has 3 nitrogen and oxygen atoms in total. The van der Waals surface area contributed by atoms with E-state index < -0.39 is 6.10 Å². The summed E-state index contributed by atoms with van der Waals surface area (Å²) in [5.74, 6) is -0.157. The fourth-order valence-corrected chi connectivity index (χ4v) is 1.52. The summed E-state index contributed by atoms with van der Waals surface area (Å²) in [5, 5.41) is 12.6. The molecule has 2 N–H and O–H groups in total. The molecule has 0 aliphatic rings. The van der Waals surface area contributed by atoms with Crippen molar-refractivity contribution in [2.24, 2.45) is 5.92 Å². The first-order valence-corrected chi connectivity index (χ1v) is 5.76. The first kappa shape index (κ1) is 13.5. The lowest BCUT2D eigenvalue weighted by atomic mass is 10.1. The van der Waals surface area contributed by atoms with E-state index in [0.29, 0.717) is 6.42 Å². The highest BCUT2D eigenvalue weighted by atomic mass is 16.3. The molecular formula is C14H19NO2. The van der Waals surface area contributed by atoms with Gasteiger partial charge in [-0.25, -0.2) is 0 Å². The minimum atomic E-state index is -0.656. The average Bonchev–Trinajstić information content (AvgIpc) is 2.36. The van der Waals surface area contributed by atoms with Gasteiger partial charge >= 0.3 is 0 Å². The molecule has 0 heterocycles. The third-order valence-electron chi connectivity index (χ3n) is 2.62. The molecule has 0 saturated heterocycles. The number of carbonyl (C=O) groups is 1. The standard InChI is InChI=1S/C14H19NO2/c1-3-7-11(2)14(17)15-10-13(16)12-8-5-4-6-9-12/h3-6,8-9,11,13,16H,1,7,10H2,2H3,(H,15,17). The van der Waals surface area contributed by atoms with Crippen LogP contribution in [0.3, 0.4) is 0 Å². The third-order valence-corrected chi connectivity index (χ3v) is 2.62. The van der Waals surface area contributed by atoms with E-state index in [1.165, 1.54) is 0 Å². The van der Waals surface area contributed by atoms with Crippen molar-refractivity contribution in [1.82, 2.24) is 5.32 Å².